The molecule has 42 heavy (non-hydrogen) atoms. The summed E-state index contributed by atoms with van der Waals surface area (Å²) in [4.78, 5) is 49.7. The van der Waals surface area contributed by atoms with Gasteiger partial charge in [0.1, 0.15) is 17.2 Å². The van der Waals surface area contributed by atoms with Crippen molar-refractivity contribution in [2.75, 3.05) is 24.5 Å². The van der Waals surface area contributed by atoms with E-state index in [0.29, 0.717) is 12.2 Å². The van der Waals surface area contributed by atoms with Crippen LogP contribution in [0.5, 0.6) is 0 Å². The van der Waals surface area contributed by atoms with Crippen molar-refractivity contribution < 1.29 is 23.9 Å². The average molecular weight is 576 g/mol. The smallest absolute Gasteiger partial charge is 0.411 e. The second-order valence-electron chi connectivity index (χ2n) is 12.4. The Hall–Kier alpha value is -4.34. The third kappa shape index (κ3) is 8.34. The highest BCUT2D eigenvalue weighted by molar-refractivity contribution is 5.99. The fourth-order valence-electron chi connectivity index (χ4n) is 4.68. The van der Waals surface area contributed by atoms with E-state index in [2.05, 4.69) is 4.98 Å². The van der Waals surface area contributed by atoms with E-state index in [1.807, 2.05) is 65.4 Å². The van der Waals surface area contributed by atoms with E-state index in [-0.39, 0.29) is 32.1 Å². The lowest BCUT2D eigenvalue weighted by atomic mass is 10.1. The molecule has 0 saturated carbocycles. The Kier molecular flexibility index (Phi) is 9.23. The van der Waals surface area contributed by atoms with Crippen LogP contribution >= 0.6 is 0 Å². The quantitative estimate of drug-likeness (QED) is 0.395. The summed E-state index contributed by atoms with van der Waals surface area (Å²) in [6, 6.07) is 16.4. The first-order valence-corrected chi connectivity index (χ1v) is 14.2. The van der Waals surface area contributed by atoms with Gasteiger partial charge in [-0.05, 0) is 64.8 Å². The highest BCUT2D eigenvalue weighted by Crippen LogP contribution is 2.25. The molecule has 1 aliphatic heterocycles. The van der Waals surface area contributed by atoms with Gasteiger partial charge in [-0.15, -0.1) is 0 Å². The number of anilines is 1. The van der Waals surface area contributed by atoms with Crippen molar-refractivity contribution in [3.05, 3.63) is 84.4 Å². The number of rotatable bonds is 6. The van der Waals surface area contributed by atoms with Gasteiger partial charge in [-0.1, -0.05) is 42.5 Å². The maximum atomic E-state index is 14.5. The molecule has 1 aromatic heterocycles. The Balaban J connectivity index is 1.70. The van der Waals surface area contributed by atoms with Crippen LogP contribution in [0.15, 0.2) is 73.3 Å². The molecule has 1 fully saturated rings. The van der Waals surface area contributed by atoms with Gasteiger partial charge >= 0.3 is 12.2 Å². The summed E-state index contributed by atoms with van der Waals surface area (Å²) in [6.07, 6.45) is 4.22. The monoisotopic (exact) mass is 575 g/mol. The molecule has 2 heterocycles. The molecule has 2 aromatic carbocycles. The van der Waals surface area contributed by atoms with E-state index >= 15 is 0 Å². The Morgan fingerprint density at radius 1 is 0.881 bits per heavy atom. The number of carbonyl (C=O) groups is 3. The minimum Gasteiger partial charge on any atom is -0.444 e. The van der Waals surface area contributed by atoms with Gasteiger partial charge in [0.15, 0.2) is 0 Å². The number of hydrogen-bond donors (Lipinski definition) is 0. The lowest BCUT2D eigenvalue weighted by Gasteiger charge is -2.42. The molecule has 0 radical (unpaired) electrons. The first-order chi connectivity index (χ1) is 19.8. The number of benzene rings is 2. The lowest BCUT2D eigenvalue weighted by molar-refractivity contribution is -0.126. The van der Waals surface area contributed by atoms with Gasteiger partial charge in [0.25, 0.3) is 5.91 Å². The summed E-state index contributed by atoms with van der Waals surface area (Å²) in [5.74, 6) is -0.322. The van der Waals surface area contributed by atoms with Gasteiger partial charge in [-0.2, -0.15) is 0 Å². The summed E-state index contributed by atoms with van der Waals surface area (Å²) in [5.41, 5.74) is 1.14. The molecule has 1 atom stereocenters. The highest BCUT2D eigenvalue weighted by Gasteiger charge is 2.42. The van der Waals surface area contributed by atoms with E-state index in [0.717, 1.165) is 11.1 Å². The minimum absolute atomic E-state index is 0.0208. The Morgan fingerprint density at radius 2 is 1.55 bits per heavy atom. The van der Waals surface area contributed by atoms with Crippen molar-refractivity contribution in [2.45, 2.75) is 71.9 Å². The zero-order chi connectivity index (χ0) is 30.5. The molecule has 1 aliphatic rings. The van der Waals surface area contributed by atoms with Gasteiger partial charge in [-0.3, -0.25) is 9.69 Å². The molecule has 3 amide bonds. The van der Waals surface area contributed by atoms with Crippen molar-refractivity contribution in [3.63, 3.8) is 0 Å². The maximum Gasteiger partial charge on any atom is 0.411 e. The van der Waals surface area contributed by atoms with Crippen LogP contribution in [0.2, 0.25) is 0 Å². The summed E-state index contributed by atoms with van der Waals surface area (Å²) < 4.78 is 13.2. The second-order valence-corrected chi connectivity index (χ2v) is 12.4. The van der Waals surface area contributed by atoms with Crippen molar-refractivity contribution in [3.8, 4) is 0 Å². The molecular weight excluding hydrogens is 534 g/mol. The van der Waals surface area contributed by atoms with E-state index in [9.17, 15) is 14.4 Å². The number of aromatic nitrogens is 2. The summed E-state index contributed by atoms with van der Waals surface area (Å²) in [5, 5.41) is 0. The topological polar surface area (TPSA) is 97.2 Å². The molecule has 1 saturated heterocycles. The summed E-state index contributed by atoms with van der Waals surface area (Å²) in [7, 11) is 0. The van der Waals surface area contributed by atoms with E-state index in [1.165, 1.54) is 9.80 Å². The number of amides is 3. The average Bonchev–Trinajstić information content (AvgIpc) is 3.43. The first-order valence-electron chi connectivity index (χ1n) is 14.2. The number of imidazole rings is 1. The molecule has 0 spiro atoms. The fraction of sp³-hybridized carbons (Fsp3) is 0.438. The summed E-state index contributed by atoms with van der Waals surface area (Å²) in [6.45, 7) is 11.9. The van der Waals surface area contributed by atoms with Gasteiger partial charge in [0.2, 0.25) is 0 Å². The Labute approximate surface area is 247 Å². The third-order valence-corrected chi connectivity index (χ3v) is 6.54. The van der Waals surface area contributed by atoms with E-state index < -0.39 is 29.4 Å². The Morgan fingerprint density at radius 3 is 2.19 bits per heavy atom. The van der Waals surface area contributed by atoms with Crippen molar-refractivity contribution in [1.82, 2.24) is 19.4 Å². The van der Waals surface area contributed by atoms with Crippen LogP contribution in [0.4, 0.5) is 15.3 Å². The molecule has 10 heteroatoms. The zero-order valence-corrected chi connectivity index (χ0v) is 25.3. The number of piperazine rings is 1. The van der Waals surface area contributed by atoms with Crippen molar-refractivity contribution >= 4 is 23.8 Å². The van der Waals surface area contributed by atoms with Crippen LogP contribution < -0.4 is 4.90 Å². The molecule has 224 valence electrons. The largest absolute Gasteiger partial charge is 0.444 e. The number of hydrogen-bond acceptors (Lipinski definition) is 6. The van der Waals surface area contributed by atoms with Crippen LogP contribution in [0, 0.1) is 0 Å². The van der Waals surface area contributed by atoms with Crippen LogP contribution in [-0.2, 0) is 27.4 Å². The zero-order valence-electron chi connectivity index (χ0n) is 25.3. The lowest BCUT2D eigenvalue weighted by Crippen LogP contribution is -2.63. The molecule has 0 N–H and O–H groups in total. The van der Waals surface area contributed by atoms with Crippen molar-refractivity contribution in [2.24, 2.45) is 0 Å². The van der Waals surface area contributed by atoms with Gasteiger partial charge in [0.05, 0.1) is 19.4 Å². The summed E-state index contributed by atoms with van der Waals surface area (Å²) >= 11 is 0. The molecule has 0 aliphatic carbocycles. The van der Waals surface area contributed by atoms with Crippen LogP contribution in [0.3, 0.4) is 0 Å². The molecule has 3 aromatic rings. The molecule has 10 nitrogen and oxygen atoms in total. The minimum atomic E-state index is -0.984. The fourth-order valence-corrected chi connectivity index (χ4v) is 4.68. The number of carbonyl (C=O) groups excluding carboxylic acids is 3. The van der Waals surface area contributed by atoms with Gasteiger partial charge < -0.3 is 23.8 Å². The van der Waals surface area contributed by atoms with Gasteiger partial charge in [-0.25, -0.2) is 14.6 Å². The number of ether oxygens (including phenoxy) is 2. The number of nitrogens with zero attached hydrogens (tertiary/aromatic N) is 5. The van der Waals surface area contributed by atoms with Crippen LogP contribution in [0.1, 0.15) is 52.7 Å². The molecular formula is C32H41N5O5. The maximum absolute atomic E-state index is 14.5. The highest BCUT2D eigenvalue weighted by atomic mass is 16.6. The van der Waals surface area contributed by atoms with E-state index in [4.69, 9.17) is 9.47 Å². The van der Waals surface area contributed by atoms with Crippen LogP contribution in [-0.4, -0.2) is 74.3 Å². The SMILES string of the molecule is CC(C)(C)OC(=O)N1CCN(C(=O)OC(C)(C)C)C(C(=O)N(Cc2ccccc2)c2cccc(Cn3ccnc3)c2)C1. The standard InChI is InChI=1S/C32H41N5O5/c1-31(2,3)41-29(39)35-17-18-36(30(40)42-32(4,5)6)27(22-35)28(38)37(21-24-11-8-7-9-12-24)26-14-10-13-25(19-26)20-34-16-15-33-23-34/h7-16,19,23,27H,17-18,20-22H2,1-6H3. The molecule has 0 bridgehead atoms. The van der Waals surface area contributed by atoms with Crippen molar-refractivity contribution in [1.29, 1.82) is 0 Å². The normalized spacial score (nSPS) is 15.7. The second kappa shape index (κ2) is 12.7. The predicted octanol–water partition coefficient (Wildman–Crippen LogP) is 5.32. The van der Waals surface area contributed by atoms with E-state index in [1.54, 1.807) is 59.0 Å². The third-order valence-electron chi connectivity index (χ3n) is 6.54. The first kappa shape index (κ1) is 30.6. The van der Waals surface area contributed by atoms with Gasteiger partial charge in [0, 0.05) is 37.7 Å². The van der Waals surface area contributed by atoms with Crippen LogP contribution in [0.25, 0.3) is 0 Å². The molecule has 4 rings (SSSR count). The molecule has 1 unspecified atom stereocenters. The predicted molar refractivity (Wildman–Crippen MR) is 160 cm³/mol. The Bertz CT molecular complexity index is 1360.